The zero-order chi connectivity index (χ0) is 23.0. The molecule has 0 heterocycles. The molecule has 32 heavy (non-hydrogen) atoms. The van der Waals surface area contributed by atoms with Gasteiger partial charge in [-0.1, -0.05) is 49.2 Å². The van der Waals surface area contributed by atoms with Crippen molar-refractivity contribution in [3.8, 4) is 5.75 Å². The summed E-state index contributed by atoms with van der Waals surface area (Å²) in [6, 6.07) is 17.1. The molecule has 3 aromatic rings. The molecule has 0 saturated carbocycles. The summed E-state index contributed by atoms with van der Waals surface area (Å²) in [5, 5.41) is 11.3. The van der Waals surface area contributed by atoms with Gasteiger partial charge in [-0.25, -0.2) is 8.42 Å². The normalized spacial score (nSPS) is 11.4. The van der Waals surface area contributed by atoms with Crippen LogP contribution in [0.3, 0.4) is 0 Å². The summed E-state index contributed by atoms with van der Waals surface area (Å²) in [6.07, 6.45) is 4.75. The van der Waals surface area contributed by atoms with Crippen molar-refractivity contribution >= 4 is 32.5 Å². The van der Waals surface area contributed by atoms with E-state index < -0.39 is 10.0 Å². The number of aromatic hydroxyl groups is 1. The van der Waals surface area contributed by atoms with Gasteiger partial charge in [0.25, 0.3) is 10.0 Å². The highest BCUT2D eigenvalue weighted by molar-refractivity contribution is 7.92. The third kappa shape index (κ3) is 6.23. The van der Waals surface area contributed by atoms with Gasteiger partial charge in [-0.05, 0) is 56.0 Å². The molecule has 0 aromatic heterocycles. The summed E-state index contributed by atoms with van der Waals surface area (Å²) < 4.78 is 33.4. The molecule has 0 unspecified atom stereocenters. The van der Waals surface area contributed by atoms with Gasteiger partial charge >= 0.3 is 5.97 Å². The lowest BCUT2D eigenvalue weighted by Gasteiger charge is -2.12. The quantitative estimate of drug-likeness (QED) is 0.292. The van der Waals surface area contributed by atoms with Gasteiger partial charge in [-0.2, -0.15) is 0 Å². The first-order chi connectivity index (χ1) is 15.4. The Morgan fingerprint density at radius 1 is 0.969 bits per heavy atom. The Kier molecular flexibility index (Phi) is 8.11. The number of nitrogens with one attached hydrogen (secondary N) is 1. The number of anilines is 1. The zero-order valence-electron chi connectivity index (χ0n) is 18.1. The summed E-state index contributed by atoms with van der Waals surface area (Å²) in [6.45, 7) is 3.07. The number of unbranched alkanes of at least 4 members (excludes halogenated alkanes) is 3. The average molecular weight is 455 g/mol. The Morgan fingerprint density at radius 3 is 2.50 bits per heavy atom. The standard InChI is InChI=1S/C25H28NO5S/c1-2-31-25(28)17-6-4-3-5-10-19-11-7-12-20(18-19)32(29,30)26-23-15-8-14-22-21(23)13-9-16-24(22)27/h2,7-9,11-16,18,26-27H,3-6,10,17H2,1H3. The molecule has 3 aromatic carbocycles. The topological polar surface area (TPSA) is 92.7 Å². The predicted octanol–water partition coefficient (Wildman–Crippen LogP) is 5.56. The van der Waals surface area contributed by atoms with Crippen molar-refractivity contribution in [2.45, 2.75) is 50.3 Å². The highest BCUT2D eigenvalue weighted by Gasteiger charge is 2.16. The summed E-state index contributed by atoms with van der Waals surface area (Å²) in [7, 11) is -3.78. The van der Waals surface area contributed by atoms with Crippen LogP contribution in [0.2, 0.25) is 0 Å². The number of phenols is 1. The summed E-state index contributed by atoms with van der Waals surface area (Å²) in [5.41, 5.74) is 1.37. The molecule has 6 nitrogen and oxygen atoms in total. The van der Waals surface area contributed by atoms with Crippen LogP contribution < -0.4 is 4.72 Å². The minimum atomic E-state index is -3.78. The smallest absolute Gasteiger partial charge is 0.306 e. The largest absolute Gasteiger partial charge is 0.507 e. The molecule has 0 aliphatic carbocycles. The van der Waals surface area contributed by atoms with Gasteiger partial charge in [-0.15, -0.1) is 0 Å². The summed E-state index contributed by atoms with van der Waals surface area (Å²) in [4.78, 5) is 11.5. The minimum absolute atomic E-state index is 0.103. The van der Waals surface area contributed by atoms with E-state index in [1.54, 1.807) is 61.5 Å². The van der Waals surface area contributed by atoms with Crippen LogP contribution in [0.15, 0.2) is 65.6 Å². The molecular formula is C25H28NO5S. The lowest BCUT2D eigenvalue weighted by Crippen LogP contribution is -2.13. The maximum absolute atomic E-state index is 13.0. The van der Waals surface area contributed by atoms with Gasteiger partial charge in [-0.3, -0.25) is 9.52 Å². The van der Waals surface area contributed by atoms with Crippen molar-refractivity contribution in [3.63, 3.8) is 0 Å². The molecule has 0 atom stereocenters. The van der Waals surface area contributed by atoms with Crippen molar-refractivity contribution in [1.82, 2.24) is 0 Å². The maximum atomic E-state index is 13.0. The Balaban J connectivity index is 1.61. The van der Waals surface area contributed by atoms with Crippen molar-refractivity contribution < 1.29 is 23.1 Å². The predicted molar refractivity (Wildman–Crippen MR) is 126 cm³/mol. The van der Waals surface area contributed by atoms with Crippen molar-refractivity contribution in [3.05, 3.63) is 72.8 Å². The molecule has 0 bridgehead atoms. The van der Waals surface area contributed by atoms with E-state index in [2.05, 4.69) is 4.72 Å². The number of hydrogen-bond donors (Lipinski definition) is 2. The molecule has 0 aliphatic rings. The number of fused-ring (bicyclic) bond motifs is 1. The monoisotopic (exact) mass is 454 g/mol. The average Bonchev–Trinajstić information content (AvgIpc) is 2.77. The van der Waals surface area contributed by atoms with Crippen LogP contribution in [0.4, 0.5) is 5.69 Å². The van der Waals surface area contributed by atoms with Crippen LogP contribution in [0.5, 0.6) is 5.75 Å². The van der Waals surface area contributed by atoms with E-state index in [0.717, 1.165) is 37.7 Å². The van der Waals surface area contributed by atoms with E-state index in [1.807, 2.05) is 6.07 Å². The first-order valence-corrected chi connectivity index (χ1v) is 12.2. The van der Waals surface area contributed by atoms with Crippen LogP contribution in [0.25, 0.3) is 10.8 Å². The first-order valence-electron chi connectivity index (χ1n) is 10.7. The van der Waals surface area contributed by atoms with Crippen molar-refractivity contribution in [2.75, 3.05) is 4.72 Å². The molecule has 0 fully saturated rings. The fourth-order valence-corrected chi connectivity index (χ4v) is 4.75. The highest BCUT2D eigenvalue weighted by Crippen LogP contribution is 2.31. The third-order valence-electron chi connectivity index (χ3n) is 5.20. The Morgan fingerprint density at radius 2 is 1.69 bits per heavy atom. The number of rotatable bonds is 11. The highest BCUT2D eigenvalue weighted by atomic mass is 32.2. The van der Waals surface area contributed by atoms with Gasteiger partial charge in [0.2, 0.25) is 0 Å². The fourth-order valence-electron chi connectivity index (χ4n) is 3.60. The lowest BCUT2D eigenvalue weighted by molar-refractivity contribution is -0.140. The van der Waals surface area contributed by atoms with Gasteiger partial charge in [0.15, 0.2) is 0 Å². The molecule has 0 aliphatic heterocycles. The Hall–Kier alpha value is -3.06. The van der Waals surface area contributed by atoms with E-state index in [9.17, 15) is 18.3 Å². The number of sulfonamides is 1. The number of ether oxygens (including phenoxy) is 1. The van der Waals surface area contributed by atoms with Crippen LogP contribution in [0, 0.1) is 6.61 Å². The van der Waals surface area contributed by atoms with E-state index in [-0.39, 0.29) is 16.6 Å². The van der Waals surface area contributed by atoms with Crippen LogP contribution in [0.1, 0.15) is 44.6 Å². The molecule has 169 valence electrons. The summed E-state index contributed by atoms with van der Waals surface area (Å²) in [5.74, 6) is -0.106. The van der Waals surface area contributed by atoms with Gasteiger partial charge < -0.3 is 9.84 Å². The SMILES string of the molecule is C[CH]OC(=O)CCCCCCc1cccc(S(=O)(=O)Nc2cccc3c(O)cccc23)c1. The lowest BCUT2D eigenvalue weighted by atomic mass is 10.1. The fraction of sp³-hybridized carbons (Fsp3) is 0.280. The van der Waals surface area contributed by atoms with E-state index in [4.69, 9.17) is 4.74 Å². The van der Waals surface area contributed by atoms with Gasteiger partial charge in [0.05, 0.1) is 10.6 Å². The number of hydrogen-bond acceptors (Lipinski definition) is 5. The number of phenolic OH excluding ortho intramolecular Hbond substituents is 1. The Bertz CT molecular complexity index is 1170. The molecule has 0 amide bonds. The maximum Gasteiger partial charge on any atom is 0.306 e. The molecule has 0 saturated heterocycles. The second-order valence-corrected chi connectivity index (χ2v) is 9.25. The molecule has 7 heteroatoms. The second-order valence-electron chi connectivity index (χ2n) is 7.57. The minimum Gasteiger partial charge on any atom is -0.507 e. The van der Waals surface area contributed by atoms with E-state index in [0.29, 0.717) is 22.9 Å². The molecule has 0 spiro atoms. The van der Waals surface area contributed by atoms with Gasteiger partial charge in [0, 0.05) is 17.2 Å². The van der Waals surface area contributed by atoms with E-state index in [1.165, 1.54) is 6.61 Å². The number of aryl methyl sites for hydroxylation is 1. The molecular weight excluding hydrogens is 426 g/mol. The first kappa shape index (κ1) is 23.6. The molecule has 3 rings (SSSR count). The molecule has 1 radical (unpaired) electrons. The summed E-state index contributed by atoms with van der Waals surface area (Å²) >= 11 is 0. The van der Waals surface area contributed by atoms with Crippen LogP contribution in [-0.2, 0) is 26.0 Å². The van der Waals surface area contributed by atoms with Crippen molar-refractivity contribution in [2.24, 2.45) is 0 Å². The Labute approximate surface area is 189 Å². The number of carbonyl (C=O) groups is 1. The molecule has 2 N–H and O–H groups in total. The van der Waals surface area contributed by atoms with Crippen LogP contribution >= 0.6 is 0 Å². The van der Waals surface area contributed by atoms with Gasteiger partial charge in [0.1, 0.15) is 12.4 Å². The number of esters is 1. The van der Waals surface area contributed by atoms with Crippen molar-refractivity contribution in [1.29, 1.82) is 0 Å². The zero-order valence-corrected chi connectivity index (χ0v) is 18.9. The van der Waals surface area contributed by atoms with Crippen LogP contribution in [-0.4, -0.2) is 19.5 Å². The number of benzene rings is 3. The van der Waals surface area contributed by atoms with E-state index >= 15 is 0 Å². The second kappa shape index (κ2) is 11.0. The number of carbonyl (C=O) groups excluding carboxylic acids is 1. The third-order valence-corrected chi connectivity index (χ3v) is 6.56.